The third-order valence-electron chi connectivity index (χ3n) is 5.55. The van der Waals surface area contributed by atoms with Gasteiger partial charge in [0.05, 0.1) is 18.9 Å². The van der Waals surface area contributed by atoms with Gasteiger partial charge in [0.25, 0.3) is 5.91 Å². The van der Waals surface area contributed by atoms with Gasteiger partial charge in [-0.15, -0.1) is 0 Å². The first-order valence-corrected chi connectivity index (χ1v) is 10.3. The summed E-state index contributed by atoms with van der Waals surface area (Å²) in [4.78, 5) is 16.9. The summed E-state index contributed by atoms with van der Waals surface area (Å²) < 4.78 is 80.0. The molecule has 1 amide bonds. The second-order valence-electron chi connectivity index (χ2n) is 7.95. The van der Waals surface area contributed by atoms with E-state index < -0.39 is 66.2 Å². The van der Waals surface area contributed by atoms with E-state index in [0.717, 1.165) is 19.1 Å². The van der Waals surface area contributed by atoms with Crippen molar-refractivity contribution in [2.45, 2.75) is 50.2 Å². The number of rotatable bonds is 7. The number of halogens is 5. The molecule has 7 nitrogen and oxygen atoms in total. The summed E-state index contributed by atoms with van der Waals surface area (Å²) in [5.74, 6) is -5.53. The minimum atomic E-state index is -4.86. The number of amides is 1. The molecule has 0 bridgehead atoms. The number of nitrogens with zero attached hydrogens (tertiary/aromatic N) is 1. The Morgan fingerprint density at radius 3 is 2.68 bits per heavy atom. The zero-order valence-electron chi connectivity index (χ0n) is 18.2. The van der Waals surface area contributed by atoms with Crippen LogP contribution in [0.5, 0.6) is 5.75 Å². The minimum absolute atomic E-state index is 0.0172. The molecule has 2 aromatic rings. The zero-order chi connectivity index (χ0) is 25.3. The third-order valence-corrected chi connectivity index (χ3v) is 5.55. The lowest BCUT2D eigenvalue weighted by Crippen LogP contribution is -2.43. The Morgan fingerprint density at radius 1 is 1.35 bits per heavy atom. The predicted octanol–water partition coefficient (Wildman–Crippen LogP) is 3.62. The van der Waals surface area contributed by atoms with E-state index in [-0.39, 0.29) is 23.6 Å². The number of hydrogen-bond donors (Lipinski definition) is 3. The van der Waals surface area contributed by atoms with Gasteiger partial charge in [-0.3, -0.25) is 9.78 Å². The number of benzene rings is 1. The number of hydrogen-bond acceptors (Lipinski definition) is 6. The highest BCUT2D eigenvalue weighted by atomic mass is 19.4. The van der Waals surface area contributed by atoms with Gasteiger partial charge in [0.15, 0.2) is 17.2 Å². The maximum atomic E-state index is 14.4. The molecule has 2 heterocycles. The number of carbonyl (C=O) groups is 1. The number of alkyl halides is 3. The monoisotopic (exact) mass is 490 g/mol. The topological polar surface area (TPSA) is 101 Å². The van der Waals surface area contributed by atoms with Gasteiger partial charge < -0.3 is 25.0 Å². The Labute approximate surface area is 191 Å². The quantitative estimate of drug-likeness (QED) is 0.513. The number of ether oxygens (including phenoxy) is 2. The van der Waals surface area contributed by atoms with Gasteiger partial charge in [-0.1, -0.05) is 6.07 Å². The summed E-state index contributed by atoms with van der Waals surface area (Å²) in [5, 5.41) is 21.2. The van der Waals surface area contributed by atoms with Crippen LogP contribution in [0.15, 0.2) is 30.5 Å². The molecule has 1 aromatic carbocycles. The Balaban J connectivity index is 2.00. The Morgan fingerprint density at radius 2 is 2.06 bits per heavy atom. The number of nitrogens with one attached hydrogen (secondary N) is 1. The van der Waals surface area contributed by atoms with Crippen LogP contribution in [0.1, 0.15) is 43.5 Å². The standard InChI is InChI=1S/C22H23F5N2O5/c1-3-33-18-12(4-5-14(23)17(18)24)13-9-21(2,22(25,26)27)34-19(13)20(32)29-11-6-7-28-15(8-11)16(31)10-30/h4-8,13,16,19,30-31H,3,9-10H2,1-2H3,(H,28,29,32)/t13-,16-,19+,21+/m0/s1. The van der Waals surface area contributed by atoms with Crippen LogP contribution in [0, 0.1) is 11.6 Å². The third kappa shape index (κ3) is 4.98. The fraction of sp³-hybridized carbons (Fsp3) is 0.455. The first kappa shape index (κ1) is 25.8. The van der Waals surface area contributed by atoms with Crippen molar-refractivity contribution < 1.29 is 46.4 Å². The fourth-order valence-corrected chi connectivity index (χ4v) is 3.77. The molecule has 12 heteroatoms. The number of pyridine rings is 1. The average Bonchev–Trinajstić information content (AvgIpc) is 3.16. The van der Waals surface area contributed by atoms with E-state index in [2.05, 4.69) is 10.3 Å². The van der Waals surface area contributed by atoms with Crippen molar-refractivity contribution in [3.63, 3.8) is 0 Å². The van der Waals surface area contributed by atoms with Gasteiger partial charge in [0, 0.05) is 23.4 Å². The maximum absolute atomic E-state index is 14.4. The molecule has 34 heavy (non-hydrogen) atoms. The summed E-state index contributed by atoms with van der Waals surface area (Å²) in [6.07, 6.45) is -7.46. The molecule has 1 saturated heterocycles. The van der Waals surface area contributed by atoms with Crippen molar-refractivity contribution in [1.29, 1.82) is 0 Å². The molecule has 0 aliphatic carbocycles. The summed E-state index contributed by atoms with van der Waals surface area (Å²) in [6, 6.07) is 4.37. The Hall–Kier alpha value is -2.83. The highest BCUT2D eigenvalue weighted by Gasteiger charge is 2.61. The molecular formula is C22H23F5N2O5. The predicted molar refractivity (Wildman–Crippen MR) is 109 cm³/mol. The molecule has 1 aliphatic heterocycles. The van der Waals surface area contributed by atoms with E-state index in [0.29, 0.717) is 0 Å². The number of aromatic nitrogens is 1. The van der Waals surface area contributed by atoms with Crippen LogP contribution >= 0.6 is 0 Å². The van der Waals surface area contributed by atoms with Gasteiger partial charge in [-0.25, -0.2) is 4.39 Å². The van der Waals surface area contributed by atoms with Gasteiger partial charge in [-0.2, -0.15) is 17.6 Å². The van der Waals surface area contributed by atoms with Crippen molar-refractivity contribution in [1.82, 2.24) is 4.98 Å². The molecule has 0 unspecified atom stereocenters. The molecule has 186 valence electrons. The number of aliphatic hydroxyl groups is 2. The summed E-state index contributed by atoms with van der Waals surface area (Å²) in [7, 11) is 0. The lowest BCUT2D eigenvalue weighted by atomic mass is 9.85. The van der Waals surface area contributed by atoms with Gasteiger partial charge in [-0.05, 0) is 38.5 Å². The molecule has 1 aromatic heterocycles. The van der Waals surface area contributed by atoms with Gasteiger partial charge in [0.2, 0.25) is 5.82 Å². The number of anilines is 1. The van der Waals surface area contributed by atoms with Crippen molar-refractivity contribution in [2.24, 2.45) is 0 Å². The Bertz CT molecular complexity index is 1050. The van der Waals surface area contributed by atoms with Crippen molar-refractivity contribution in [2.75, 3.05) is 18.5 Å². The summed E-state index contributed by atoms with van der Waals surface area (Å²) in [6.45, 7) is 1.53. The van der Waals surface area contributed by atoms with E-state index in [9.17, 15) is 31.9 Å². The van der Waals surface area contributed by atoms with Crippen molar-refractivity contribution >= 4 is 11.6 Å². The largest absolute Gasteiger partial charge is 0.490 e. The molecule has 0 spiro atoms. The van der Waals surface area contributed by atoms with E-state index in [1.807, 2.05) is 0 Å². The van der Waals surface area contributed by atoms with Gasteiger partial charge in [0.1, 0.15) is 12.2 Å². The van der Waals surface area contributed by atoms with Crippen molar-refractivity contribution in [3.05, 3.63) is 53.4 Å². The molecule has 1 fully saturated rings. The zero-order valence-corrected chi connectivity index (χ0v) is 18.2. The molecule has 0 radical (unpaired) electrons. The molecular weight excluding hydrogens is 467 g/mol. The molecule has 0 saturated carbocycles. The molecule has 3 N–H and O–H groups in total. The second kappa shape index (κ2) is 9.80. The highest BCUT2D eigenvalue weighted by Crippen LogP contribution is 2.51. The van der Waals surface area contributed by atoms with Crippen LogP contribution < -0.4 is 10.1 Å². The molecule has 3 rings (SSSR count). The van der Waals surface area contributed by atoms with Gasteiger partial charge >= 0.3 is 6.18 Å². The van der Waals surface area contributed by atoms with E-state index in [1.54, 1.807) is 0 Å². The molecule has 4 atom stereocenters. The maximum Gasteiger partial charge on any atom is 0.417 e. The fourth-order valence-electron chi connectivity index (χ4n) is 3.77. The number of aliphatic hydroxyl groups excluding tert-OH is 2. The SMILES string of the molecule is CCOc1c([C@@H]2C[C@](C)(C(F)(F)F)O[C@H]2C(=O)Nc2ccnc([C@@H](O)CO)c2)ccc(F)c1F. The minimum Gasteiger partial charge on any atom is -0.490 e. The summed E-state index contributed by atoms with van der Waals surface area (Å²) in [5.41, 5.74) is -2.80. The first-order valence-electron chi connectivity index (χ1n) is 10.3. The second-order valence-corrected chi connectivity index (χ2v) is 7.95. The van der Waals surface area contributed by atoms with E-state index >= 15 is 0 Å². The van der Waals surface area contributed by atoms with Crippen LogP contribution in [-0.2, 0) is 9.53 Å². The first-order chi connectivity index (χ1) is 15.9. The lowest BCUT2D eigenvalue weighted by Gasteiger charge is -2.27. The smallest absolute Gasteiger partial charge is 0.417 e. The Kier molecular flexibility index (Phi) is 7.44. The van der Waals surface area contributed by atoms with Crippen LogP contribution in [-0.4, -0.2) is 52.2 Å². The van der Waals surface area contributed by atoms with E-state index in [1.165, 1.54) is 25.3 Å². The lowest BCUT2D eigenvalue weighted by molar-refractivity contribution is -0.261. The van der Waals surface area contributed by atoms with Crippen LogP contribution in [0.25, 0.3) is 0 Å². The normalized spacial score (nSPS) is 23.6. The van der Waals surface area contributed by atoms with Crippen LogP contribution in [0.2, 0.25) is 0 Å². The highest BCUT2D eigenvalue weighted by molar-refractivity contribution is 5.95. The summed E-state index contributed by atoms with van der Waals surface area (Å²) >= 11 is 0. The average molecular weight is 490 g/mol. The van der Waals surface area contributed by atoms with Crippen LogP contribution in [0.3, 0.4) is 0 Å². The van der Waals surface area contributed by atoms with Crippen molar-refractivity contribution in [3.8, 4) is 5.75 Å². The molecule has 1 aliphatic rings. The number of carbonyl (C=O) groups excluding carboxylic acids is 1. The van der Waals surface area contributed by atoms with E-state index in [4.69, 9.17) is 14.6 Å². The van der Waals surface area contributed by atoms with Crippen LogP contribution in [0.4, 0.5) is 27.6 Å².